The lowest BCUT2D eigenvalue weighted by molar-refractivity contribution is -0.143. The van der Waals surface area contributed by atoms with E-state index < -0.39 is 5.79 Å². The molecular weight excluding hydrogens is 446 g/mol. The van der Waals surface area contributed by atoms with E-state index in [1.165, 1.54) is 0 Å². The van der Waals surface area contributed by atoms with E-state index in [0.29, 0.717) is 17.8 Å². The third kappa shape index (κ3) is 3.65. The zero-order valence-corrected chi connectivity index (χ0v) is 18.6. The Bertz CT molecular complexity index is 1030. The summed E-state index contributed by atoms with van der Waals surface area (Å²) >= 11 is 3.44. The predicted molar refractivity (Wildman–Crippen MR) is 119 cm³/mol. The van der Waals surface area contributed by atoms with Gasteiger partial charge in [0.15, 0.2) is 5.79 Å². The summed E-state index contributed by atoms with van der Waals surface area (Å²) in [6, 6.07) is 14.7. The summed E-state index contributed by atoms with van der Waals surface area (Å²) in [7, 11) is 1.61. The number of β-lactam (4-membered cyclic amide) rings is 1. The number of allylic oxidation sites excluding steroid dienone is 1. The fourth-order valence-electron chi connectivity index (χ4n) is 3.88. The second-order valence-electron chi connectivity index (χ2n) is 7.63. The van der Waals surface area contributed by atoms with E-state index in [1.54, 1.807) is 12.0 Å². The lowest BCUT2D eigenvalue weighted by atomic mass is 9.83. The van der Waals surface area contributed by atoms with Crippen molar-refractivity contribution in [2.75, 3.05) is 18.6 Å². The van der Waals surface area contributed by atoms with E-state index in [1.807, 2.05) is 62.4 Å². The molecule has 2 aliphatic rings. The van der Waals surface area contributed by atoms with Crippen LogP contribution in [0, 0.1) is 12.3 Å². The second kappa shape index (κ2) is 7.92. The molecule has 2 atom stereocenters. The van der Waals surface area contributed by atoms with Gasteiger partial charge in [0.05, 0.1) is 25.3 Å². The van der Waals surface area contributed by atoms with Gasteiger partial charge in [0.1, 0.15) is 11.9 Å². The van der Waals surface area contributed by atoms with Gasteiger partial charge in [0.25, 0.3) is 5.91 Å². The molecule has 2 saturated heterocycles. The van der Waals surface area contributed by atoms with Crippen LogP contribution in [0.1, 0.15) is 19.4 Å². The summed E-state index contributed by atoms with van der Waals surface area (Å²) in [4.78, 5) is 15.0. The highest BCUT2D eigenvalue weighted by atomic mass is 79.9. The van der Waals surface area contributed by atoms with Crippen molar-refractivity contribution in [3.05, 3.63) is 64.1 Å². The van der Waals surface area contributed by atoms with Crippen molar-refractivity contribution in [3.63, 3.8) is 0 Å². The van der Waals surface area contributed by atoms with Gasteiger partial charge in [-0.15, -0.1) is 6.42 Å². The van der Waals surface area contributed by atoms with E-state index in [-0.39, 0.29) is 18.1 Å². The summed E-state index contributed by atoms with van der Waals surface area (Å²) < 4.78 is 18.1. The molecule has 0 radical (unpaired) electrons. The number of ether oxygens (including phenoxy) is 3. The molecule has 0 aliphatic carbocycles. The predicted octanol–water partition coefficient (Wildman–Crippen LogP) is 4.41. The molecule has 2 aliphatic heterocycles. The number of hydrogen-bond donors (Lipinski definition) is 0. The van der Waals surface area contributed by atoms with Crippen LogP contribution in [0.5, 0.6) is 5.75 Å². The minimum Gasteiger partial charge on any atom is -0.497 e. The number of terminal acetylenes is 1. The van der Waals surface area contributed by atoms with Crippen molar-refractivity contribution in [1.29, 1.82) is 0 Å². The highest BCUT2D eigenvalue weighted by molar-refractivity contribution is 9.10. The maximum absolute atomic E-state index is 13.3. The molecule has 5 nitrogen and oxygen atoms in total. The van der Waals surface area contributed by atoms with Gasteiger partial charge in [0.2, 0.25) is 0 Å². The molecule has 30 heavy (non-hydrogen) atoms. The summed E-state index contributed by atoms with van der Waals surface area (Å²) in [5.41, 5.74) is 2.73. The molecule has 0 N–H and O–H groups in total. The first kappa shape index (κ1) is 20.7. The quantitative estimate of drug-likeness (QED) is 0.379. The van der Waals surface area contributed by atoms with E-state index in [2.05, 4.69) is 21.9 Å². The standard InChI is InChI=1S/C24H22BrNO4/c1-5-19(15-6-8-16(25)9-7-15)21-22(20-14-29-24(2,3)30-20)26(23(21)27)17-10-12-18(28-4)13-11-17/h1,6-13,20,22H,14H2,2-4H3/b21-19+/t20?,22-/m0/s1. The van der Waals surface area contributed by atoms with Crippen LogP contribution < -0.4 is 9.64 Å². The fourth-order valence-corrected chi connectivity index (χ4v) is 4.14. The zero-order valence-electron chi connectivity index (χ0n) is 17.0. The third-order valence-electron chi connectivity index (χ3n) is 5.30. The number of methoxy groups -OCH3 is 1. The van der Waals surface area contributed by atoms with E-state index >= 15 is 0 Å². The second-order valence-corrected chi connectivity index (χ2v) is 8.54. The molecule has 0 saturated carbocycles. The topological polar surface area (TPSA) is 48.0 Å². The Morgan fingerprint density at radius 2 is 1.87 bits per heavy atom. The van der Waals surface area contributed by atoms with E-state index in [4.69, 9.17) is 20.6 Å². The molecule has 2 heterocycles. The molecule has 0 bridgehead atoms. The first-order valence-corrected chi connectivity index (χ1v) is 10.4. The first-order chi connectivity index (χ1) is 14.3. The number of nitrogens with zero attached hydrogens (tertiary/aromatic N) is 1. The number of rotatable bonds is 4. The number of halogens is 1. The third-order valence-corrected chi connectivity index (χ3v) is 5.83. The van der Waals surface area contributed by atoms with Crippen LogP contribution in [0.15, 0.2) is 58.6 Å². The Labute approximate surface area is 184 Å². The van der Waals surface area contributed by atoms with Crippen molar-refractivity contribution in [2.24, 2.45) is 0 Å². The van der Waals surface area contributed by atoms with Crippen LogP contribution in [-0.2, 0) is 14.3 Å². The summed E-state index contributed by atoms with van der Waals surface area (Å²) in [5.74, 6) is 2.61. The molecule has 4 rings (SSSR count). The Hall–Kier alpha value is -2.59. The van der Waals surface area contributed by atoms with Crippen LogP contribution in [0.25, 0.3) is 5.57 Å². The minimum atomic E-state index is -0.714. The van der Waals surface area contributed by atoms with Crippen LogP contribution in [0.2, 0.25) is 0 Å². The molecule has 1 unspecified atom stereocenters. The van der Waals surface area contributed by atoms with Crippen LogP contribution in [0.3, 0.4) is 0 Å². The number of amides is 1. The van der Waals surface area contributed by atoms with Gasteiger partial charge in [-0.3, -0.25) is 9.69 Å². The first-order valence-electron chi connectivity index (χ1n) is 9.61. The Kier molecular flexibility index (Phi) is 5.46. The van der Waals surface area contributed by atoms with Crippen molar-refractivity contribution in [2.45, 2.75) is 31.8 Å². The summed E-state index contributed by atoms with van der Waals surface area (Å²) in [6.45, 7) is 4.11. The molecule has 6 heteroatoms. The Morgan fingerprint density at radius 1 is 1.20 bits per heavy atom. The molecule has 0 aromatic heterocycles. The lowest BCUT2D eigenvalue weighted by Crippen LogP contribution is -2.62. The normalized spacial score (nSPS) is 24.2. The summed E-state index contributed by atoms with van der Waals surface area (Å²) in [6.07, 6.45) is 5.55. The highest BCUT2D eigenvalue weighted by Crippen LogP contribution is 2.42. The minimum absolute atomic E-state index is 0.130. The largest absolute Gasteiger partial charge is 0.497 e. The number of benzene rings is 2. The Balaban J connectivity index is 1.78. The number of anilines is 1. The maximum atomic E-state index is 13.3. The van der Waals surface area contributed by atoms with Gasteiger partial charge in [-0.25, -0.2) is 0 Å². The van der Waals surface area contributed by atoms with Crippen molar-refractivity contribution < 1.29 is 19.0 Å². The van der Waals surface area contributed by atoms with Crippen molar-refractivity contribution in [3.8, 4) is 18.1 Å². The van der Waals surface area contributed by atoms with Crippen LogP contribution >= 0.6 is 15.9 Å². The van der Waals surface area contributed by atoms with Crippen molar-refractivity contribution >= 4 is 33.1 Å². The fraction of sp³-hybridized carbons (Fsp3) is 0.292. The number of carbonyl (C=O) groups is 1. The number of hydrogen-bond acceptors (Lipinski definition) is 4. The van der Waals surface area contributed by atoms with Gasteiger partial charge in [-0.2, -0.15) is 0 Å². The monoisotopic (exact) mass is 467 g/mol. The SMILES string of the molecule is C#C/C(=C1\C(=O)N(c2ccc(OC)cc2)[C@H]1C1COC(C)(C)O1)c1ccc(Br)cc1. The van der Waals surface area contributed by atoms with Gasteiger partial charge in [-0.05, 0) is 55.8 Å². The smallest absolute Gasteiger partial charge is 0.258 e. The van der Waals surface area contributed by atoms with Gasteiger partial charge < -0.3 is 14.2 Å². The molecule has 154 valence electrons. The molecule has 2 aromatic rings. The molecule has 2 aromatic carbocycles. The average molecular weight is 468 g/mol. The molecule has 2 fully saturated rings. The van der Waals surface area contributed by atoms with E-state index in [0.717, 1.165) is 21.5 Å². The van der Waals surface area contributed by atoms with Crippen molar-refractivity contribution in [1.82, 2.24) is 0 Å². The zero-order chi connectivity index (χ0) is 21.5. The Morgan fingerprint density at radius 3 is 2.40 bits per heavy atom. The van der Waals surface area contributed by atoms with Crippen LogP contribution in [0.4, 0.5) is 5.69 Å². The maximum Gasteiger partial charge on any atom is 0.258 e. The summed E-state index contributed by atoms with van der Waals surface area (Å²) in [5, 5.41) is 0. The van der Waals surface area contributed by atoms with E-state index in [9.17, 15) is 4.79 Å². The average Bonchev–Trinajstić information content (AvgIpc) is 3.09. The van der Waals surface area contributed by atoms with Gasteiger partial charge >= 0.3 is 0 Å². The van der Waals surface area contributed by atoms with Gasteiger partial charge in [0, 0.05) is 15.7 Å². The molecular formula is C24H22BrNO4. The highest BCUT2D eigenvalue weighted by Gasteiger charge is 2.53. The molecule has 0 spiro atoms. The van der Waals surface area contributed by atoms with Gasteiger partial charge in [-0.1, -0.05) is 34.0 Å². The molecule has 1 amide bonds. The lowest BCUT2D eigenvalue weighted by Gasteiger charge is -2.45. The number of carbonyl (C=O) groups excluding carboxylic acids is 1. The van der Waals surface area contributed by atoms with Crippen LogP contribution in [-0.4, -0.2) is 37.6 Å².